The van der Waals surface area contributed by atoms with Gasteiger partial charge in [0.2, 0.25) is 5.88 Å². The molecule has 0 aliphatic carbocycles. The van der Waals surface area contributed by atoms with Crippen molar-refractivity contribution in [1.29, 1.82) is 0 Å². The lowest BCUT2D eigenvalue weighted by atomic mass is 10.3. The van der Waals surface area contributed by atoms with E-state index in [9.17, 15) is 0 Å². The minimum Gasteiger partial charge on any atom is -0.473 e. The molecule has 108 valence electrons. The molecule has 7 heteroatoms. The zero-order valence-electron chi connectivity index (χ0n) is 11.8. The SMILES string of the molecule is CC(C)Oc1ncnc(NCCCc2ncc[nH]2)c1N. The van der Waals surface area contributed by atoms with Crippen molar-refractivity contribution >= 4 is 11.5 Å². The number of hydrogen-bond acceptors (Lipinski definition) is 6. The second kappa shape index (κ2) is 6.74. The first-order valence-corrected chi connectivity index (χ1v) is 6.66. The van der Waals surface area contributed by atoms with Crippen LogP contribution in [0, 0.1) is 0 Å². The number of nitrogens with one attached hydrogen (secondary N) is 2. The Balaban J connectivity index is 1.86. The monoisotopic (exact) mass is 276 g/mol. The molecule has 2 heterocycles. The van der Waals surface area contributed by atoms with Crippen LogP contribution in [-0.2, 0) is 6.42 Å². The molecule has 0 spiro atoms. The van der Waals surface area contributed by atoms with Crippen molar-refractivity contribution in [2.45, 2.75) is 32.8 Å². The van der Waals surface area contributed by atoms with Gasteiger partial charge in [-0.15, -0.1) is 0 Å². The Morgan fingerprint density at radius 2 is 2.20 bits per heavy atom. The zero-order valence-corrected chi connectivity index (χ0v) is 11.8. The van der Waals surface area contributed by atoms with Crippen LogP contribution in [-0.4, -0.2) is 32.6 Å². The van der Waals surface area contributed by atoms with E-state index in [2.05, 4.69) is 25.3 Å². The Bertz CT molecular complexity index is 526. The highest BCUT2D eigenvalue weighted by Crippen LogP contribution is 2.25. The maximum absolute atomic E-state index is 5.98. The van der Waals surface area contributed by atoms with E-state index in [4.69, 9.17) is 10.5 Å². The minimum absolute atomic E-state index is 0.0269. The number of nitrogen functional groups attached to an aromatic ring is 1. The summed E-state index contributed by atoms with van der Waals surface area (Å²) in [5.74, 6) is 2.00. The molecule has 2 aromatic heterocycles. The van der Waals surface area contributed by atoms with Gasteiger partial charge in [-0.1, -0.05) is 0 Å². The van der Waals surface area contributed by atoms with Gasteiger partial charge in [-0.05, 0) is 20.3 Å². The Kier molecular flexibility index (Phi) is 4.75. The first-order valence-electron chi connectivity index (χ1n) is 6.66. The lowest BCUT2D eigenvalue weighted by molar-refractivity contribution is 0.234. The summed E-state index contributed by atoms with van der Waals surface area (Å²) >= 11 is 0. The van der Waals surface area contributed by atoms with E-state index in [0.717, 1.165) is 25.2 Å². The van der Waals surface area contributed by atoms with Gasteiger partial charge >= 0.3 is 0 Å². The predicted octanol–water partition coefficient (Wildman–Crippen LogP) is 1.61. The Morgan fingerprint density at radius 3 is 2.90 bits per heavy atom. The predicted molar refractivity (Wildman–Crippen MR) is 77.6 cm³/mol. The molecule has 0 aliphatic rings. The molecule has 2 aromatic rings. The fraction of sp³-hybridized carbons (Fsp3) is 0.462. The average Bonchev–Trinajstić information content (AvgIpc) is 2.91. The minimum atomic E-state index is 0.0269. The number of aromatic amines is 1. The van der Waals surface area contributed by atoms with E-state index in [0.29, 0.717) is 17.4 Å². The number of H-pyrrole nitrogens is 1. The third kappa shape index (κ3) is 3.84. The third-order valence-electron chi connectivity index (χ3n) is 2.63. The molecule has 2 rings (SSSR count). The largest absolute Gasteiger partial charge is 0.473 e. The molecule has 0 bridgehead atoms. The van der Waals surface area contributed by atoms with Crippen molar-refractivity contribution in [2.75, 3.05) is 17.6 Å². The topological polar surface area (TPSA) is 102 Å². The Hall–Kier alpha value is -2.31. The number of rotatable bonds is 7. The summed E-state index contributed by atoms with van der Waals surface area (Å²) in [6.45, 7) is 4.61. The number of anilines is 2. The molecule has 4 N–H and O–H groups in total. The van der Waals surface area contributed by atoms with Crippen molar-refractivity contribution < 1.29 is 4.74 Å². The van der Waals surface area contributed by atoms with Gasteiger partial charge in [0, 0.05) is 25.4 Å². The Morgan fingerprint density at radius 1 is 1.35 bits per heavy atom. The van der Waals surface area contributed by atoms with Crippen molar-refractivity contribution in [3.63, 3.8) is 0 Å². The zero-order chi connectivity index (χ0) is 14.4. The van der Waals surface area contributed by atoms with Gasteiger partial charge in [0.25, 0.3) is 0 Å². The van der Waals surface area contributed by atoms with Gasteiger partial charge in [-0.25, -0.2) is 9.97 Å². The summed E-state index contributed by atoms with van der Waals surface area (Å²) in [7, 11) is 0. The lowest BCUT2D eigenvalue weighted by Gasteiger charge is -2.13. The highest BCUT2D eigenvalue weighted by Gasteiger charge is 2.10. The number of ether oxygens (including phenoxy) is 1. The van der Waals surface area contributed by atoms with Gasteiger partial charge in [0.15, 0.2) is 5.82 Å². The number of aromatic nitrogens is 4. The normalized spacial score (nSPS) is 10.8. The summed E-state index contributed by atoms with van der Waals surface area (Å²) in [5.41, 5.74) is 6.42. The van der Waals surface area contributed by atoms with Crippen molar-refractivity contribution in [3.05, 3.63) is 24.5 Å². The van der Waals surface area contributed by atoms with E-state index in [-0.39, 0.29) is 6.10 Å². The maximum atomic E-state index is 5.98. The number of nitrogens with zero attached hydrogens (tertiary/aromatic N) is 3. The molecule has 0 aliphatic heterocycles. The van der Waals surface area contributed by atoms with Crippen LogP contribution >= 0.6 is 0 Å². The van der Waals surface area contributed by atoms with E-state index in [1.807, 2.05) is 20.0 Å². The second-order valence-electron chi connectivity index (χ2n) is 4.67. The highest BCUT2D eigenvalue weighted by atomic mass is 16.5. The number of aryl methyl sites for hydroxylation is 1. The van der Waals surface area contributed by atoms with Gasteiger partial charge in [-0.3, -0.25) is 0 Å². The summed E-state index contributed by atoms with van der Waals surface area (Å²) in [6, 6.07) is 0. The average molecular weight is 276 g/mol. The fourth-order valence-electron chi connectivity index (χ4n) is 1.73. The van der Waals surface area contributed by atoms with Crippen molar-refractivity contribution in [3.8, 4) is 5.88 Å². The quantitative estimate of drug-likeness (QED) is 0.664. The summed E-state index contributed by atoms with van der Waals surface area (Å²) < 4.78 is 5.52. The fourth-order valence-corrected chi connectivity index (χ4v) is 1.73. The summed E-state index contributed by atoms with van der Waals surface area (Å²) in [4.78, 5) is 15.4. The molecule has 0 atom stereocenters. The van der Waals surface area contributed by atoms with E-state index in [1.54, 1.807) is 6.20 Å². The summed E-state index contributed by atoms with van der Waals surface area (Å²) in [5, 5.41) is 3.19. The first kappa shape index (κ1) is 14.1. The third-order valence-corrected chi connectivity index (χ3v) is 2.63. The molecule has 20 heavy (non-hydrogen) atoms. The van der Waals surface area contributed by atoms with Gasteiger partial charge in [0.05, 0.1) is 6.10 Å². The highest BCUT2D eigenvalue weighted by molar-refractivity contribution is 5.66. The van der Waals surface area contributed by atoms with Crippen LogP contribution in [0.25, 0.3) is 0 Å². The second-order valence-corrected chi connectivity index (χ2v) is 4.67. The van der Waals surface area contributed by atoms with Crippen LogP contribution in [0.3, 0.4) is 0 Å². The molecular formula is C13H20N6O. The maximum Gasteiger partial charge on any atom is 0.242 e. The smallest absolute Gasteiger partial charge is 0.242 e. The van der Waals surface area contributed by atoms with Crippen LogP contribution < -0.4 is 15.8 Å². The van der Waals surface area contributed by atoms with Crippen molar-refractivity contribution in [2.24, 2.45) is 0 Å². The van der Waals surface area contributed by atoms with Crippen LogP contribution in [0.4, 0.5) is 11.5 Å². The molecule has 0 saturated heterocycles. The van der Waals surface area contributed by atoms with Crippen LogP contribution in [0.2, 0.25) is 0 Å². The summed E-state index contributed by atoms with van der Waals surface area (Å²) in [6.07, 6.45) is 6.85. The number of hydrogen-bond donors (Lipinski definition) is 3. The van der Waals surface area contributed by atoms with Gasteiger partial charge in [0.1, 0.15) is 17.8 Å². The van der Waals surface area contributed by atoms with E-state index >= 15 is 0 Å². The number of imidazole rings is 1. The van der Waals surface area contributed by atoms with E-state index in [1.165, 1.54) is 6.33 Å². The molecule has 0 fully saturated rings. The van der Waals surface area contributed by atoms with Crippen molar-refractivity contribution in [1.82, 2.24) is 19.9 Å². The van der Waals surface area contributed by atoms with Crippen LogP contribution in [0.15, 0.2) is 18.7 Å². The van der Waals surface area contributed by atoms with Gasteiger partial charge in [-0.2, -0.15) is 4.98 Å². The van der Waals surface area contributed by atoms with E-state index < -0.39 is 0 Å². The Labute approximate surface area is 118 Å². The molecule has 0 unspecified atom stereocenters. The van der Waals surface area contributed by atoms with Crippen LogP contribution in [0.5, 0.6) is 5.88 Å². The molecule has 0 amide bonds. The molecular weight excluding hydrogens is 256 g/mol. The first-order chi connectivity index (χ1) is 9.66. The standard InChI is InChI=1S/C13H20N6O/c1-9(2)20-13-11(14)12(18-8-19-13)17-5-3-4-10-15-6-7-16-10/h6-9H,3-5,14H2,1-2H3,(H,15,16)(H,17,18,19). The lowest BCUT2D eigenvalue weighted by Crippen LogP contribution is -2.12. The molecule has 7 nitrogen and oxygen atoms in total. The molecule has 0 aromatic carbocycles. The molecule has 0 saturated carbocycles. The molecule has 0 radical (unpaired) electrons. The van der Waals surface area contributed by atoms with Crippen LogP contribution in [0.1, 0.15) is 26.1 Å². The van der Waals surface area contributed by atoms with Gasteiger partial charge < -0.3 is 20.8 Å². The number of nitrogens with two attached hydrogens (primary N) is 1.